The van der Waals surface area contributed by atoms with Crippen LogP contribution in [0.3, 0.4) is 0 Å². The largest absolute Gasteiger partial charge is 0.459 e. The zero-order valence-electron chi connectivity index (χ0n) is 52.9. The normalized spacial score (nSPS) is 39.2. The van der Waals surface area contributed by atoms with E-state index in [2.05, 4.69) is 10.6 Å². The molecule has 3 saturated heterocycles. The maximum atomic E-state index is 14.8. The summed E-state index contributed by atoms with van der Waals surface area (Å²) in [5.74, 6) is -14.6. The van der Waals surface area contributed by atoms with Gasteiger partial charge >= 0.3 is 41.8 Å². The van der Waals surface area contributed by atoms with Gasteiger partial charge in [0.25, 0.3) is 5.91 Å². The molecule has 5 saturated carbocycles. The van der Waals surface area contributed by atoms with E-state index >= 15 is 0 Å². The molecule has 0 radical (unpaired) electrons. The molecule has 0 aromatic heterocycles. The standard InChI is InChI=1S/C67H76N2O22/c1-26-43-46(64(13)65(14,81)59(80)91-67(64)52(26)89-67)49(75)44-42-45(51(82-27(2)70)54(63(43,44)12)84-29(4)72)62(11)37(24-40-50(88-40)53(62)83-28(3)71)47(48(42)74)69-41(73)25-68-55(76)30-15-18-34-33(21-30)56(77)90-66(34)35-19-16-31(85-57(78)60(5,6)7)22-38(35)87-39-23-32(17-20-36(39)66)86-58(79)61(8,9)10/h15-23,26,37,40,42-54,74-75,81H,24-25H2,1-14H3,(H,68,76)(H,69,73)/t26-,37+,40-,42-,43-,44+,45+,46-,47-,48+,49+,50-,51-,52+,53-,54-,62-,63+,64-,65+,67-/m0/s1. The van der Waals surface area contributed by atoms with Crippen LogP contribution in [0.1, 0.15) is 141 Å². The van der Waals surface area contributed by atoms with E-state index in [9.17, 15) is 58.5 Å². The number of aliphatic hydroxyl groups is 3. The van der Waals surface area contributed by atoms with Gasteiger partial charge in [-0.05, 0) is 122 Å². The maximum Gasteiger partial charge on any atom is 0.341 e. The van der Waals surface area contributed by atoms with Gasteiger partial charge in [0.2, 0.25) is 11.7 Å². The lowest BCUT2D eigenvalue weighted by atomic mass is 9.40. The van der Waals surface area contributed by atoms with Crippen LogP contribution in [0.25, 0.3) is 0 Å². The highest BCUT2D eigenvalue weighted by atomic mass is 16.8. The zero-order valence-corrected chi connectivity index (χ0v) is 52.9. The Morgan fingerprint density at radius 3 is 1.82 bits per heavy atom. The van der Waals surface area contributed by atoms with Crippen molar-refractivity contribution in [3.8, 4) is 23.0 Å². The minimum absolute atomic E-state index is 0.0167. The van der Waals surface area contributed by atoms with Crippen molar-refractivity contribution < 1.29 is 106 Å². The third-order valence-electron chi connectivity index (χ3n) is 22.4. The Balaban J connectivity index is 0.836. The van der Waals surface area contributed by atoms with E-state index < -0.39 is 201 Å². The molecule has 5 N–H and O–H groups in total. The van der Waals surface area contributed by atoms with Crippen LogP contribution < -0.4 is 24.8 Å². The number of epoxide rings is 2. The first-order chi connectivity index (χ1) is 42.4. The summed E-state index contributed by atoms with van der Waals surface area (Å²) in [5.41, 5.74) is -9.35. The van der Waals surface area contributed by atoms with Crippen molar-refractivity contribution in [2.75, 3.05) is 6.54 Å². The van der Waals surface area contributed by atoms with E-state index in [1.165, 1.54) is 70.2 Å². The fraction of sp³-hybridized carbons (Fsp3) is 0.597. The minimum Gasteiger partial charge on any atom is -0.459 e. The molecular formula is C67H76N2O22. The predicted octanol–water partition coefficient (Wildman–Crippen LogP) is 4.87. The Kier molecular flexibility index (Phi) is 13.7. The molecule has 0 bridgehead atoms. The Morgan fingerprint density at radius 1 is 0.681 bits per heavy atom. The molecule has 24 nitrogen and oxygen atoms in total. The molecule has 3 aromatic rings. The van der Waals surface area contributed by atoms with Crippen molar-refractivity contribution in [1.82, 2.24) is 10.6 Å². The number of amides is 2. The van der Waals surface area contributed by atoms with Gasteiger partial charge in [0.05, 0.1) is 52.7 Å². The van der Waals surface area contributed by atoms with Gasteiger partial charge in [0, 0.05) is 83.7 Å². The van der Waals surface area contributed by atoms with Crippen LogP contribution in [0.15, 0.2) is 54.6 Å². The maximum absolute atomic E-state index is 14.8. The van der Waals surface area contributed by atoms with Crippen LogP contribution >= 0.6 is 0 Å². The molecule has 13 rings (SSSR count). The summed E-state index contributed by atoms with van der Waals surface area (Å²) < 4.78 is 61.7. The smallest absolute Gasteiger partial charge is 0.341 e. The van der Waals surface area contributed by atoms with Gasteiger partial charge in [-0.1, -0.05) is 26.8 Å². The van der Waals surface area contributed by atoms with Crippen LogP contribution in [0.5, 0.6) is 23.0 Å². The molecule has 486 valence electrons. The monoisotopic (exact) mass is 1260 g/mol. The number of nitrogens with one attached hydrogen (secondary N) is 2. The predicted molar refractivity (Wildman–Crippen MR) is 310 cm³/mol. The van der Waals surface area contributed by atoms with Gasteiger partial charge in [-0.3, -0.25) is 33.6 Å². The van der Waals surface area contributed by atoms with Crippen molar-refractivity contribution in [1.29, 1.82) is 0 Å². The van der Waals surface area contributed by atoms with Gasteiger partial charge < -0.3 is 73.3 Å². The summed E-state index contributed by atoms with van der Waals surface area (Å²) in [6.45, 7) is 21.4. The molecule has 24 heteroatoms. The number of hydrogen-bond acceptors (Lipinski definition) is 22. The third-order valence-corrected chi connectivity index (χ3v) is 22.4. The van der Waals surface area contributed by atoms with E-state index in [1.807, 2.05) is 6.92 Å². The quantitative estimate of drug-likeness (QED) is 0.0825. The zero-order chi connectivity index (χ0) is 65.9. The lowest BCUT2D eigenvalue weighted by Crippen LogP contribution is -2.77. The first-order valence-corrected chi connectivity index (χ1v) is 30.9. The summed E-state index contributed by atoms with van der Waals surface area (Å²) in [6.07, 6.45) is -8.95. The fourth-order valence-electron chi connectivity index (χ4n) is 18.3. The van der Waals surface area contributed by atoms with E-state index in [-0.39, 0.29) is 40.5 Å². The molecule has 3 aromatic carbocycles. The highest BCUT2D eigenvalue weighted by Crippen LogP contribution is 2.81. The Labute approximate surface area is 523 Å². The summed E-state index contributed by atoms with van der Waals surface area (Å²) in [5, 5.41) is 44.9. The van der Waals surface area contributed by atoms with Gasteiger partial charge in [0.1, 0.15) is 53.5 Å². The van der Waals surface area contributed by atoms with Crippen LogP contribution in [0, 0.1) is 68.5 Å². The number of carbonyl (C=O) groups excluding carboxylic acids is 9. The molecule has 91 heavy (non-hydrogen) atoms. The molecule has 2 spiro atoms. The summed E-state index contributed by atoms with van der Waals surface area (Å²) >= 11 is 0. The number of esters is 7. The van der Waals surface area contributed by atoms with Crippen molar-refractivity contribution in [2.24, 2.45) is 68.5 Å². The van der Waals surface area contributed by atoms with Crippen LogP contribution in [-0.4, -0.2) is 142 Å². The van der Waals surface area contributed by atoms with Crippen LogP contribution in [-0.2, 0) is 72.3 Å². The Hall–Kier alpha value is -7.51. The minimum atomic E-state index is -2.24. The van der Waals surface area contributed by atoms with Crippen molar-refractivity contribution in [3.63, 3.8) is 0 Å². The third kappa shape index (κ3) is 8.59. The molecule has 2 amide bonds. The number of benzene rings is 3. The summed E-state index contributed by atoms with van der Waals surface area (Å²) in [7, 11) is 0. The molecule has 8 fully saturated rings. The lowest BCUT2D eigenvalue weighted by molar-refractivity contribution is -0.286. The van der Waals surface area contributed by atoms with Crippen LogP contribution in [0.4, 0.5) is 0 Å². The van der Waals surface area contributed by atoms with E-state index in [4.69, 9.17) is 47.4 Å². The average Bonchev–Trinajstić information content (AvgIpc) is 1.46. The Bertz CT molecular complexity index is 3660. The number of fused-ring (bicyclic) bond motifs is 15. The number of hydrogen-bond donors (Lipinski definition) is 5. The topological polar surface area (TPSA) is 337 Å². The van der Waals surface area contributed by atoms with E-state index in [1.54, 1.807) is 74.4 Å². The molecule has 5 heterocycles. The second-order valence-electron chi connectivity index (χ2n) is 29.5. The van der Waals surface area contributed by atoms with Gasteiger partial charge in [-0.25, -0.2) is 9.59 Å². The number of ether oxygens (including phenoxy) is 10. The highest BCUT2D eigenvalue weighted by molar-refractivity contribution is 6.02. The molecule has 10 aliphatic rings. The van der Waals surface area contributed by atoms with Gasteiger partial charge in [-0.15, -0.1) is 0 Å². The van der Waals surface area contributed by atoms with Crippen molar-refractivity contribution in [2.45, 2.75) is 175 Å². The number of carbonyl (C=O) groups is 9. The van der Waals surface area contributed by atoms with E-state index in [0.29, 0.717) is 16.7 Å². The van der Waals surface area contributed by atoms with E-state index in [0.717, 1.165) is 0 Å². The molecule has 0 unspecified atom stereocenters. The average molecular weight is 1260 g/mol. The second kappa shape index (κ2) is 20.0. The van der Waals surface area contributed by atoms with Crippen molar-refractivity contribution >= 4 is 53.6 Å². The highest BCUT2D eigenvalue weighted by Gasteiger charge is 2.93. The summed E-state index contributed by atoms with van der Waals surface area (Å²) in [6, 6.07) is 12.3. The molecule has 5 aliphatic carbocycles. The second-order valence-corrected chi connectivity index (χ2v) is 29.5. The first-order valence-electron chi connectivity index (χ1n) is 30.9. The van der Waals surface area contributed by atoms with Crippen molar-refractivity contribution in [3.05, 3.63) is 82.4 Å². The molecular weight excluding hydrogens is 1180 g/mol. The molecule has 5 aliphatic heterocycles. The summed E-state index contributed by atoms with van der Waals surface area (Å²) in [4.78, 5) is 124. The fourth-order valence-corrected chi connectivity index (χ4v) is 18.3. The first kappa shape index (κ1) is 62.3. The number of rotatable bonds is 9. The van der Waals surface area contributed by atoms with Crippen LogP contribution in [0.2, 0.25) is 0 Å². The van der Waals surface area contributed by atoms with Gasteiger partial charge in [-0.2, -0.15) is 0 Å². The van der Waals surface area contributed by atoms with Gasteiger partial charge in [0.15, 0.2) is 11.2 Å². The lowest BCUT2D eigenvalue weighted by Gasteiger charge is -2.67. The SMILES string of the molecule is CC(=O)O[C@H]1[C@H]2[C@@H]([C@@H](O)[C@@H](NC(=O)CNC(=O)c3ccc4c(c3)C(=O)OC43c4ccc(OC(=O)C(C)(C)C)cc4Oc4cc(OC(=O)C(C)(C)C)ccc43)[C@H]3C[C@@H]4O[C@@H]4[C@H](OC(C)=O)[C@]23C)[C@@H]2[C@@H](O)[C@@H]3[C@H]([C@H](C)[C@H]4O[C@]45OC(=O)[C@@](C)(O)[C@]35C)[C@@]2(C)[C@H]1OC(C)=O. The number of aliphatic hydroxyl groups excluding tert-OH is 2. The molecule has 21 atom stereocenters. The Morgan fingerprint density at radius 2 is 1.25 bits per heavy atom.